The first-order valence-electron chi connectivity index (χ1n) is 6.15. The van der Waals surface area contributed by atoms with Crippen molar-refractivity contribution in [2.45, 2.75) is 25.7 Å². The van der Waals surface area contributed by atoms with Crippen LogP contribution in [0.2, 0.25) is 0 Å². The molecule has 2 nitrogen and oxygen atoms in total. The molecule has 2 N–H and O–H groups in total. The number of Topliss-reactive ketones (excluding diaryl/α,β-unsaturated/α-hetero) is 1. The van der Waals surface area contributed by atoms with Gasteiger partial charge in [0.15, 0.2) is 0 Å². The lowest BCUT2D eigenvalue weighted by Crippen LogP contribution is -2.07. The summed E-state index contributed by atoms with van der Waals surface area (Å²) >= 11 is 5.08. The van der Waals surface area contributed by atoms with E-state index in [0.29, 0.717) is 12.8 Å². The summed E-state index contributed by atoms with van der Waals surface area (Å²) in [4.78, 5) is 13.2. The van der Waals surface area contributed by atoms with Gasteiger partial charge < -0.3 is 5.73 Å². The minimum absolute atomic E-state index is 0.229. The van der Waals surface area contributed by atoms with Crippen LogP contribution in [0.5, 0.6) is 0 Å². The molecule has 0 aliphatic carbocycles. The Hall–Kier alpha value is -1.13. The average Bonchev–Trinajstić information content (AvgIpc) is 2.75. The van der Waals surface area contributed by atoms with Crippen LogP contribution in [0.3, 0.4) is 0 Å². The molecule has 2 rings (SSSR count). The lowest BCUT2D eigenvalue weighted by molar-refractivity contribution is -0.118. The van der Waals surface area contributed by atoms with Crippen LogP contribution < -0.4 is 5.73 Å². The molecule has 0 amide bonds. The van der Waals surface area contributed by atoms with Crippen molar-refractivity contribution in [1.82, 2.24) is 0 Å². The number of hydrogen-bond donors (Lipinski definition) is 1. The summed E-state index contributed by atoms with van der Waals surface area (Å²) in [7, 11) is 0. The molecule has 1 unspecified atom stereocenters. The Bertz CT molecular complexity index is 562. The van der Waals surface area contributed by atoms with Crippen molar-refractivity contribution in [2.75, 3.05) is 5.73 Å². The fourth-order valence-corrected chi connectivity index (χ4v) is 3.51. The number of nitrogens with two attached hydrogens (primary N) is 1. The zero-order valence-corrected chi connectivity index (χ0v) is 13.1. The summed E-state index contributed by atoms with van der Waals surface area (Å²) < 4.78 is 1.03. The van der Waals surface area contributed by atoms with Gasteiger partial charge in [0.2, 0.25) is 0 Å². The van der Waals surface area contributed by atoms with Crippen molar-refractivity contribution in [3.63, 3.8) is 0 Å². The van der Waals surface area contributed by atoms with Gasteiger partial charge >= 0.3 is 0 Å². The molecule has 0 aliphatic rings. The van der Waals surface area contributed by atoms with Crippen LogP contribution in [-0.4, -0.2) is 5.78 Å². The summed E-state index contributed by atoms with van der Waals surface area (Å²) in [5.74, 6) is 0.499. The van der Waals surface area contributed by atoms with E-state index in [2.05, 4.69) is 22.9 Å². The van der Waals surface area contributed by atoms with Gasteiger partial charge in [0.25, 0.3) is 0 Å². The van der Waals surface area contributed by atoms with E-state index in [-0.39, 0.29) is 11.7 Å². The third kappa shape index (κ3) is 3.91. The minimum atomic E-state index is 0.229. The van der Waals surface area contributed by atoms with Crippen LogP contribution in [-0.2, 0) is 11.2 Å². The zero-order chi connectivity index (χ0) is 13.8. The summed E-state index contributed by atoms with van der Waals surface area (Å²) in [6, 6.07) is 9.73. The van der Waals surface area contributed by atoms with Crippen LogP contribution >= 0.6 is 27.3 Å². The van der Waals surface area contributed by atoms with Crippen molar-refractivity contribution >= 4 is 38.7 Å². The average molecular weight is 338 g/mol. The first-order chi connectivity index (χ1) is 9.06. The van der Waals surface area contributed by atoms with E-state index in [4.69, 9.17) is 5.73 Å². The molecular weight excluding hydrogens is 322 g/mol. The minimum Gasteiger partial charge on any atom is -0.399 e. The van der Waals surface area contributed by atoms with Crippen molar-refractivity contribution in [1.29, 1.82) is 0 Å². The van der Waals surface area contributed by atoms with Gasteiger partial charge in [0, 0.05) is 27.9 Å². The van der Waals surface area contributed by atoms with Gasteiger partial charge in [-0.2, -0.15) is 0 Å². The van der Waals surface area contributed by atoms with Gasteiger partial charge in [-0.25, -0.2) is 0 Å². The molecule has 0 spiro atoms. The maximum atomic E-state index is 12.1. The van der Waals surface area contributed by atoms with E-state index in [1.165, 1.54) is 0 Å². The summed E-state index contributed by atoms with van der Waals surface area (Å²) in [6.45, 7) is 2.08. The summed E-state index contributed by atoms with van der Waals surface area (Å²) in [5.41, 5.74) is 7.58. The Morgan fingerprint density at radius 2 is 2.00 bits per heavy atom. The van der Waals surface area contributed by atoms with Gasteiger partial charge in [-0.15, -0.1) is 11.3 Å². The number of rotatable bonds is 5. The molecule has 1 heterocycles. The van der Waals surface area contributed by atoms with E-state index >= 15 is 0 Å². The Kier molecular flexibility index (Phi) is 4.77. The number of ketones is 1. The molecule has 0 aliphatic heterocycles. The molecule has 2 aromatic rings. The topological polar surface area (TPSA) is 43.1 Å². The normalized spacial score (nSPS) is 12.3. The molecule has 0 bridgehead atoms. The molecule has 0 radical (unpaired) electrons. The number of hydrogen-bond acceptors (Lipinski definition) is 3. The maximum absolute atomic E-state index is 12.1. The van der Waals surface area contributed by atoms with Crippen LogP contribution in [0.25, 0.3) is 0 Å². The zero-order valence-electron chi connectivity index (χ0n) is 10.7. The molecule has 100 valence electrons. The van der Waals surface area contributed by atoms with Crippen molar-refractivity contribution < 1.29 is 4.79 Å². The molecule has 19 heavy (non-hydrogen) atoms. The molecule has 1 aromatic heterocycles. The number of halogens is 1. The molecular formula is C15H16BrNOS. The van der Waals surface area contributed by atoms with Gasteiger partial charge in [0.05, 0.1) is 0 Å². The standard InChI is InChI=1S/C15H16BrNOS/c1-10(11-2-4-12(17)5-3-11)8-13(18)9-15-14(16)6-7-19-15/h2-7,10H,8-9,17H2,1H3. The van der Waals surface area contributed by atoms with E-state index in [1.807, 2.05) is 35.7 Å². The van der Waals surface area contributed by atoms with Gasteiger partial charge in [-0.3, -0.25) is 4.79 Å². The number of thiophene rings is 1. The number of nitrogen functional groups attached to an aromatic ring is 1. The first-order valence-corrected chi connectivity index (χ1v) is 7.82. The Morgan fingerprint density at radius 3 is 2.58 bits per heavy atom. The quantitative estimate of drug-likeness (QED) is 0.821. The second kappa shape index (κ2) is 6.35. The lowest BCUT2D eigenvalue weighted by Gasteiger charge is -2.11. The molecule has 0 saturated carbocycles. The fourth-order valence-electron chi connectivity index (χ4n) is 1.99. The summed E-state index contributed by atoms with van der Waals surface area (Å²) in [5, 5.41) is 2.00. The van der Waals surface area contributed by atoms with E-state index in [1.54, 1.807) is 11.3 Å². The number of anilines is 1. The molecule has 0 saturated heterocycles. The largest absolute Gasteiger partial charge is 0.399 e. The lowest BCUT2D eigenvalue weighted by atomic mass is 9.94. The molecule has 0 fully saturated rings. The highest BCUT2D eigenvalue weighted by Gasteiger charge is 2.13. The van der Waals surface area contributed by atoms with Crippen LogP contribution in [0.1, 0.15) is 29.7 Å². The molecule has 1 atom stereocenters. The second-order valence-corrected chi connectivity index (χ2v) is 6.53. The van der Waals surface area contributed by atoms with E-state index < -0.39 is 0 Å². The highest BCUT2D eigenvalue weighted by atomic mass is 79.9. The van der Waals surface area contributed by atoms with Crippen LogP contribution in [0.15, 0.2) is 40.2 Å². The molecule has 1 aromatic carbocycles. The first kappa shape index (κ1) is 14.3. The highest BCUT2D eigenvalue weighted by molar-refractivity contribution is 9.10. The van der Waals surface area contributed by atoms with Crippen LogP contribution in [0.4, 0.5) is 5.69 Å². The number of carbonyl (C=O) groups is 1. The predicted molar refractivity (Wildman–Crippen MR) is 84.6 cm³/mol. The van der Waals surface area contributed by atoms with Gasteiger partial charge in [0.1, 0.15) is 5.78 Å². The predicted octanol–water partition coefficient (Wildman–Crippen LogP) is 4.40. The third-order valence-corrected chi connectivity index (χ3v) is 5.01. The molecule has 4 heteroatoms. The fraction of sp³-hybridized carbons (Fsp3) is 0.267. The SMILES string of the molecule is CC(CC(=O)Cc1sccc1Br)c1ccc(N)cc1. The Labute approximate surface area is 125 Å². The van der Waals surface area contributed by atoms with Crippen LogP contribution in [0, 0.1) is 0 Å². The van der Waals surface area contributed by atoms with Crippen molar-refractivity contribution in [3.05, 3.63) is 50.6 Å². The number of benzene rings is 1. The van der Waals surface area contributed by atoms with Gasteiger partial charge in [-0.05, 0) is 51.0 Å². The van der Waals surface area contributed by atoms with Crippen molar-refractivity contribution in [2.24, 2.45) is 0 Å². The Morgan fingerprint density at radius 1 is 1.32 bits per heavy atom. The summed E-state index contributed by atoms with van der Waals surface area (Å²) in [6.07, 6.45) is 1.08. The highest BCUT2D eigenvalue weighted by Crippen LogP contribution is 2.26. The van der Waals surface area contributed by atoms with Crippen molar-refractivity contribution in [3.8, 4) is 0 Å². The second-order valence-electron chi connectivity index (χ2n) is 4.68. The monoisotopic (exact) mass is 337 g/mol. The van der Waals surface area contributed by atoms with E-state index in [0.717, 1.165) is 20.6 Å². The van der Waals surface area contributed by atoms with E-state index in [9.17, 15) is 4.79 Å². The third-order valence-electron chi connectivity index (χ3n) is 3.09. The smallest absolute Gasteiger partial charge is 0.138 e. The maximum Gasteiger partial charge on any atom is 0.138 e. The Balaban J connectivity index is 1.95. The van der Waals surface area contributed by atoms with Gasteiger partial charge in [-0.1, -0.05) is 19.1 Å². The number of carbonyl (C=O) groups excluding carboxylic acids is 1.